The Balaban J connectivity index is 1.30. The minimum Gasteiger partial charge on any atom is -0.367 e. The average molecular weight is 441 g/mol. The molecule has 0 bridgehead atoms. The second-order valence-corrected chi connectivity index (χ2v) is 8.89. The Kier molecular flexibility index (Phi) is 4.48. The Bertz CT molecular complexity index is 1450. The Labute approximate surface area is 190 Å². The highest BCUT2D eigenvalue weighted by Gasteiger charge is 2.44. The average Bonchev–Trinajstić information content (AvgIpc) is 3.35. The van der Waals surface area contributed by atoms with Crippen LogP contribution in [0.2, 0.25) is 0 Å². The molecule has 7 heteroatoms. The van der Waals surface area contributed by atoms with Crippen LogP contribution in [-0.2, 0) is 23.8 Å². The fourth-order valence-electron chi connectivity index (χ4n) is 5.20. The number of nitrogens with one attached hydrogen (secondary N) is 1. The zero-order chi connectivity index (χ0) is 22.6. The van der Waals surface area contributed by atoms with E-state index >= 15 is 0 Å². The number of imidazole rings is 1. The van der Waals surface area contributed by atoms with Crippen LogP contribution in [0.5, 0.6) is 0 Å². The second kappa shape index (κ2) is 7.42. The number of rotatable bonds is 2. The summed E-state index contributed by atoms with van der Waals surface area (Å²) in [6, 6.07) is 17.9. The molecule has 7 nitrogen and oxygen atoms in total. The number of carbonyl (C=O) groups is 1. The van der Waals surface area contributed by atoms with E-state index in [0.29, 0.717) is 30.9 Å². The number of aryl methyl sites for hydroxylation is 2. The summed E-state index contributed by atoms with van der Waals surface area (Å²) in [5.41, 5.74) is 5.58. The van der Waals surface area contributed by atoms with Crippen LogP contribution >= 0.6 is 0 Å². The number of benzene rings is 2. The number of amides is 1. The van der Waals surface area contributed by atoms with Crippen molar-refractivity contribution in [3.05, 3.63) is 88.0 Å². The largest absolute Gasteiger partial charge is 0.367 e. The molecular weight excluding hydrogens is 416 g/mol. The fourth-order valence-corrected chi connectivity index (χ4v) is 5.20. The summed E-state index contributed by atoms with van der Waals surface area (Å²) in [6.45, 7) is 1.67. The Morgan fingerprint density at radius 2 is 2.00 bits per heavy atom. The van der Waals surface area contributed by atoms with Gasteiger partial charge in [-0.3, -0.25) is 14.3 Å². The van der Waals surface area contributed by atoms with Gasteiger partial charge in [-0.05, 0) is 47.7 Å². The van der Waals surface area contributed by atoms with Crippen molar-refractivity contribution in [1.29, 1.82) is 0 Å². The van der Waals surface area contributed by atoms with E-state index < -0.39 is 5.60 Å². The number of aromatic nitrogens is 3. The molecule has 1 spiro atoms. The van der Waals surface area contributed by atoms with Crippen LogP contribution in [-0.4, -0.2) is 45.0 Å². The van der Waals surface area contributed by atoms with E-state index in [0.717, 1.165) is 29.5 Å². The third-order valence-corrected chi connectivity index (χ3v) is 6.98. The van der Waals surface area contributed by atoms with Crippen molar-refractivity contribution < 1.29 is 9.53 Å². The molecule has 1 N–H and O–H groups in total. The SMILES string of the molecule is Cn1c(=O)[nH]c2ncc(-c3cccc(C(=O)N4CCOC5(CCc6ccccc65)C4)c3)cc21. The third-order valence-electron chi connectivity index (χ3n) is 6.98. The number of fused-ring (bicyclic) bond motifs is 3. The van der Waals surface area contributed by atoms with Crippen LogP contribution in [0, 0.1) is 0 Å². The summed E-state index contributed by atoms with van der Waals surface area (Å²) in [5, 5.41) is 0. The van der Waals surface area contributed by atoms with Crippen LogP contribution < -0.4 is 5.69 Å². The van der Waals surface area contributed by atoms with Gasteiger partial charge in [0.2, 0.25) is 0 Å². The van der Waals surface area contributed by atoms with Gasteiger partial charge < -0.3 is 9.64 Å². The Morgan fingerprint density at radius 3 is 2.91 bits per heavy atom. The first kappa shape index (κ1) is 19.9. The van der Waals surface area contributed by atoms with E-state index in [4.69, 9.17) is 4.74 Å². The van der Waals surface area contributed by atoms with Crippen LogP contribution in [0.15, 0.2) is 65.6 Å². The zero-order valence-electron chi connectivity index (χ0n) is 18.4. The summed E-state index contributed by atoms with van der Waals surface area (Å²) in [7, 11) is 1.71. The van der Waals surface area contributed by atoms with Crippen molar-refractivity contribution in [2.75, 3.05) is 19.7 Å². The first-order valence-corrected chi connectivity index (χ1v) is 11.2. The number of ether oxygens (including phenoxy) is 1. The lowest BCUT2D eigenvalue weighted by atomic mass is 9.93. The zero-order valence-corrected chi connectivity index (χ0v) is 18.4. The number of aromatic amines is 1. The van der Waals surface area contributed by atoms with Crippen molar-refractivity contribution in [3.8, 4) is 11.1 Å². The number of nitrogens with zero attached hydrogens (tertiary/aromatic N) is 3. The first-order chi connectivity index (χ1) is 16.0. The molecule has 1 saturated heterocycles. The maximum absolute atomic E-state index is 13.5. The summed E-state index contributed by atoms with van der Waals surface area (Å²) < 4.78 is 7.82. The minimum atomic E-state index is -0.407. The third kappa shape index (κ3) is 3.19. The summed E-state index contributed by atoms with van der Waals surface area (Å²) in [4.78, 5) is 34.4. The molecule has 166 valence electrons. The quantitative estimate of drug-likeness (QED) is 0.519. The van der Waals surface area contributed by atoms with E-state index in [9.17, 15) is 9.59 Å². The molecule has 4 aromatic rings. The van der Waals surface area contributed by atoms with Crippen LogP contribution in [0.4, 0.5) is 0 Å². The van der Waals surface area contributed by atoms with Gasteiger partial charge in [0, 0.05) is 30.9 Å². The number of H-pyrrole nitrogens is 1. The predicted molar refractivity (Wildman–Crippen MR) is 125 cm³/mol. The Morgan fingerprint density at radius 1 is 1.12 bits per heavy atom. The number of hydrogen-bond acceptors (Lipinski definition) is 4. The molecule has 0 saturated carbocycles. The summed E-state index contributed by atoms with van der Waals surface area (Å²) >= 11 is 0. The molecule has 1 amide bonds. The van der Waals surface area contributed by atoms with E-state index in [1.807, 2.05) is 41.3 Å². The van der Waals surface area contributed by atoms with Crippen molar-refractivity contribution in [2.45, 2.75) is 18.4 Å². The standard InChI is InChI=1S/C26H24N4O3/c1-29-22-14-20(15-27-23(22)28-25(29)32)18-6-4-7-19(13-18)24(31)30-11-12-33-26(16-30)10-9-17-5-2-3-8-21(17)26/h2-8,13-15H,9-12,16H2,1H3,(H,27,28,32). The topological polar surface area (TPSA) is 80.2 Å². The minimum absolute atomic E-state index is 0.00647. The fraction of sp³-hybridized carbons (Fsp3) is 0.269. The molecule has 6 rings (SSSR count). The lowest BCUT2D eigenvalue weighted by Crippen LogP contribution is -2.51. The molecule has 1 aliphatic heterocycles. The number of morpholine rings is 1. The molecule has 2 aromatic carbocycles. The lowest BCUT2D eigenvalue weighted by Gasteiger charge is -2.41. The van der Waals surface area contributed by atoms with Gasteiger partial charge in [0.25, 0.3) is 5.91 Å². The molecule has 1 unspecified atom stereocenters. The maximum Gasteiger partial charge on any atom is 0.327 e. The van der Waals surface area contributed by atoms with E-state index in [-0.39, 0.29) is 11.6 Å². The highest BCUT2D eigenvalue weighted by atomic mass is 16.5. The van der Waals surface area contributed by atoms with Gasteiger partial charge in [-0.15, -0.1) is 0 Å². The highest BCUT2D eigenvalue weighted by molar-refractivity contribution is 5.96. The number of hydrogen-bond donors (Lipinski definition) is 1. The smallest absolute Gasteiger partial charge is 0.327 e. The van der Waals surface area contributed by atoms with Crippen molar-refractivity contribution >= 4 is 17.1 Å². The second-order valence-electron chi connectivity index (χ2n) is 8.89. The molecular formula is C26H24N4O3. The normalized spacial score (nSPS) is 19.8. The van der Waals surface area contributed by atoms with E-state index in [2.05, 4.69) is 28.2 Å². The van der Waals surface area contributed by atoms with E-state index in [1.54, 1.807) is 13.2 Å². The van der Waals surface area contributed by atoms with Crippen LogP contribution in [0.25, 0.3) is 22.3 Å². The van der Waals surface area contributed by atoms with Gasteiger partial charge in [0.15, 0.2) is 5.65 Å². The molecule has 1 aliphatic carbocycles. The predicted octanol–water partition coefficient (Wildman–Crippen LogP) is 3.24. The summed E-state index contributed by atoms with van der Waals surface area (Å²) in [6.07, 6.45) is 3.60. The van der Waals surface area contributed by atoms with Gasteiger partial charge in [0.05, 0.1) is 18.7 Å². The van der Waals surface area contributed by atoms with Crippen molar-refractivity contribution in [3.63, 3.8) is 0 Å². The first-order valence-electron chi connectivity index (χ1n) is 11.2. The van der Waals surface area contributed by atoms with Gasteiger partial charge in [-0.2, -0.15) is 0 Å². The van der Waals surface area contributed by atoms with Crippen LogP contribution in [0.1, 0.15) is 27.9 Å². The van der Waals surface area contributed by atoms with Gasteiger partial charge in [-0.25, -0.2) is 9.78 Å². The van der Waals surface area contributed by atoms with E-state index in [1.165, 1.54) is 15.7 Å². The molecule has 1 fully saturated rings. The maximum atomic E-state index is 13.5. The number of pyridine rings is 1. The summed E-state index contributed by atoms with van der Waals surface area (Å²) in [5.74, 6) is 0.00647. The van der Waals surface area contributed by atoms with Crippen LogP contribution in [0.3, 0.4) is 0 Å². The molecule has 2 aliphatic rings. The Hall–Kier alpha value is -3.71. The highest BCUT2D eigenvalue weighted by Crippen LogP contribution is 2.42. The van der Waals surface area contributed by atoms with Gasteiger partial charge in [-0.1, -0.05) is 36.4 Å². The molecule has 0 radical (unpaired) electrons. The molecule has 1 atom stereocenters. The number of carbonyl (C=O) groups excluding carboxylic acids is 1. The molecule has 2 aromatic heterocycles. The molecule has 33 heavy (non-hydrogen) atoms. The monoisotopic (exact) mass is 440 g/mol. The lowest BCUT2D eigenvalue weighted by molar-refractivity contribution is -0.103. The van der Waals surface area contributed by atoms with Crippen molar-refractivity contribution in [1.82, 2.24) is 19.4 Å². The van der Waals surface area contributed by atoms with Gasteiger partial charge in [0.1, 0.15) is 5.60 Å². The molecule has 3 heterocycles. The van der Waals surface area contributed by atoms with Gasteiger partial charge >= 0.3 is 5.69 Å². The van der Waals surface area contributed by atoms with Crippen molar-refractivity contribution in [2.24, 2.45) is 7.05 Å².